The number of unbranched alkanes of at least 4 members (excludes halogenated alkanes) is 43. The van der Waals surface area contributed by atoms with Gasteiger partial charge in [-0.3, -0.25) is 9.59 Å². The lowest BCUT2D eigenvalue weighted by Crippen LogP contribution is -2.45. The highest BCUT2D eigenvalue weighted by molar-refractivity contribution is 5.76. The number of ether oxygens (including phenoxy) is 1. The normalized spacial score (nSPS) is 12.6. The number of esters is 1. The molecular weight excluding hydrogens is 815 g/mol. The second kappa shape index (κ2) is 56.2. The van der Waals surface area contributed by atoms with Gasteiger partial charge in [0.15, 0.2) is 0 Å². The van der Waals surface area contributed by atoms with E-state index in [9.17, 15) is 19.8 Å². The average molecular weight is 933 g/mol. The molecule has 0 rings (SSSR count). The number of hydrogen-bond donors (Lipinski definition) is 3. The Kier molecular flexibility index (Phi) is 55.0. The number of rotatable bonds is 56. The molecule has 0 radical (unpaired) electrons. The number of carbonyl (C=O) groups excluding carboxylic acids is 2. The summed E-state index contributed by atoms with van der Waals surface area (Å²) in [6.45, 7) is 4.95. The molecule has 0 aromatic heterocycles. The monoisotopic (exact) mass is 932 g/mol. The predicted molar refractivity (Wildman–Crippen MR) is 287 cm³/mol. The highest BCUT2D eigenvalue weighted by Gasteiger charge is 2.20. The summed E-state index contributed by atoms with van der Waals surface area (Å²) in [5.74, 6) is -0.0305. The zero-order chi connectivity index (χ0) is 47.9. The Morgan fingerprint density at radius 1 is 0.409 bits per heavy atom. The maximum Gasteiger partial charge on any atom is 0.305 e. The summed E-state index contributed by atoms with van der Waals surface area (Å²) in [6.07, 6.45) is 66.4. The van der Waals surface area contributed by atoms with Crippen molar-refractivity contribution in [2.45, 2.75) is 347 Å². The molecule has 0 aromatic carbocycles. The molecule has 0 aromatic rings. The molecule has 1 amide bonds. The fourth-order valence-electron chi connectivity index (χ4n) is 9.46. The van der Waals surface area contributed by atoms with Gasteiger partial charge in [-0.1, -0.05) is 283 Å². The van der Waals surface area contributed by atoms with Crippen molar-refractivity contribution >= 4 is 11.9 Å². The van der Waals surface area contributed by atoms with Crippen molar-refractivity contribution in [3.05, 3.63) is 12.2 Å². The van der Waals surface area contributed by atoms with Crippen LogP contribution < -0.4 is 5.32 Å². The van der Waals surface area contributed by atoms with Gasteiger partial charge in [0.2, 0.25) is 5.91 Å². The van der Waals surface area contributed by atoms with E-state index in [1.54, 1.807) is 0 Å². The van der Waals surface area contributed by atoms with E-state index in [1.165, 1.54) is 257 Å². The second-order valence-electron chi connectivity index (χ2n) is 20.7. The van der Waals surface area contributed by atoms with E-state index >= 15 is 0 Å². The van der Waals surface area contributed by atoms with Crippen LogP contribution in [0.5, 0.6) is 0 Å². The maximum atomic E-state index is 12.5. The summed E-state index contributed by atoms with van der Waals surface area (Å²) in [7, 11) is 0. The van der Waals surface area contributed by atoms with Crippen molar-refractivity contribution in [3.63, 3.8) is 0 Å². The van der Waals surface area contributed by atoms with E-state index in [-0.39, 0.29) is 18.5 Å². The van der Waals surface area contributed by atoms with E-state index in [0.717, 1.165) is 44.9 Å². The number of amides is 1. The molecule has 66 heavy (non-hydrogen) atoms. The summed E-state index contributed by atoms with van der Waals surface area (Å²) in [5.41, 5.74) is 0. The van der Waals surface area contributed by atoms with Gasteiger partial charge in [0.1, 0.15) is 0 Å². The summed E-state index contributed by atoms with van der Waals surface area (Å²) < 4.78 is 5.47. The van der Waals surface area contributed by atoms with Crippen LogP contribution in [0.1, 0.15) is 335 Å². The molecule has 0 aliphatic carbocycles. The van der Waals surface area contributed by atoms with Crippen LogP contribution in [-0.4, -0.2) is 47.4 Å². The highest BCUT2D eigenvalue weighted by Crippen LogP contribution is 2.18. The molecule has 0 aliphatic rings. The van der Waals surface area contributed by atoms with Gasteiger partial charge in [-0.15, -0.1) is 0 Å². The van der Waals surface area contributed by atoms with Crippen molar-refractivity contribution < 1.29 is 24.5 Å². The number of hydrogen-bond acceptors (Lipinski definition) is 5. The van der Waals surface area contributed by atoms with Crippen LogP contribution in [-0.2, 0) is 14.3 Å². The van der Waals surface area contributed by atoms with Gasteiger partial charge in [-0.25, -0.2) is 0 Å². The van der Waals surface area contributed by atoms with Crippen LogP contribution in [0, 0.1) is 0 Å². The molecule has 0 fully saturated rings. The molecule has 6 heteroatoms. The van der Waals surface area contributed by atoms with Gasteiger partial charge in [-0.2, -0.15) is 0 Å². The Labute approximate surface area is 412 Å². The predicted octanol–water partition coefficient (Wildman–Crippen LogP) is 18.5. The molecule has 0 saturated heterocycles. The lowest BCUT2D eigenvalue weighted by atomic mass is 10.0. The van der Waals surface area contributed by atoms with Gasteiger partial charge in [0.05, 0.1) is 25.4 Å². The number of aliphatic hydroxyl groups excluding tert-OH is 2. The van der Waals surface area contributed by atoms with E-state index < -0.39 is 12.1 Å². The Hall–Kier alpha value is -1.40. The number of allylic oxidation sites excluding steroid dienone is 2. The van der Waals surface area contributed by atoms with Crippen molar-refractivity contribution in [1.29, 1.82) is 0 Å². The maximum absolute atomic E-state index is 12.5. The van der Waals surface area contributed by atoms with E-state index in [4.69, 9.17) is 4.74 Å². The number of nitrogens with one attached hydrogen (secondary N) is 1. The summed E-state index contributed by atoms with van der Waals surface area (Å²) in [5, 5.41) is 23.3. The van der Waals surface area contributed by atoms with Crippen LogP contribution >= 0.6 is 0 Å². The first-order valence-corrected chi connectivity index (χ1v) is 29.9. The Morgan fingerprint density at radius 3 is 1.09 bits per heavy atom. The Bertz CT molecular complexity index is 986. The zero-order valence-corrected chi connectivity index (χ0v) is 44.7. The molecule has 6 nitrogen and oxygen atoms in total. The van der Waals surface area contributed by atoms with E-state index in [1.807, 2.05) is 0 Å². The lowest BCUT2D eigenvalue weighted by Gasteiger charge is -2.22. The van der Waals surface area contributed by atoms with Crippen LogP contribution in [0.2, 0.25) is 0 Å². The molecule has 3 N–H and O–H groups in total. The smallest absolute Gasteiger partial charge is 0.305 e. The molecule has 2 unspecified atom stereocenters. The Balaban J connectivity index is 3.38. The first-order chi connectivity index (χ1) is 32.5. The number of carbonyl (C=O) groups is 2. The third-order valence-electron chi connectivity index (χ3n) is 14.1. The zero-order valence-electron chi connectivity index (χ0n) is 44.7. The molecular formula is C60H117NO5. The highest BCUT2D eigenvalue weighted by atomic mass is 16.5. The summed E-state index contributed by atoms with van der Waals surface area (Å²) in [6, 6.07) is -0.541. The fourth-order valence-corrected chi connectivity index (χ4v) is 9.46. The lowest BCUT2D eigenvalue weighted by molar-refractivity contribution is -0.143. The van der Waals surface area contributed by atoms with Gasteiger partial charge in [0.25, 0.3) is 0 Å². The SMILES string of the molecule is CCCCCC/C=C\CCCCCCCC(=O)OCCCCCCCCCCCCCCCCCCCCCCCC(=O)NC(CO)C(O)CCCCCCCCCCCCCCCCC. The summed E-state index contributed by atoms with van der Waals surface area (Å²) in [4.78, 5) is 24.5. The first-order valence-electron chi connectivity index (χ1n) is 29.9. The van der Waals surface area contributed by atoms with Gasteiger partial charge in [-0.05, 0) is 51.4 Å². The summed E-state index contributed by atoms with van der Waals surface area (Å²) >= 11 is 0. The van der Waals surface area contributed by atoms with Crippen molar-refractivity contribution in [1.82, 2.24) is 5.32 Å². The average Bonchev–Trinajstić information content (AvgIpc) is 3.32. The molecule has 0 heterocycles. The van der Waals surface area contributed by atoms with Crippen molar-refractivity contribution in [2.75, 3.05) is 13.2 Å². The van der Waals surface area contributed by atoms with Crippen molar-refractivity contribution in [2.24, 2.45) is 0 Å². The molecule has 0 aliphatic heterocycles. The largest absolute Gasteiger partial charge is 0.466 e. The van der Waals surface area contributed by atoms with E-state index in [2.05, 4.69) is 31.3 Å². The third kappa shape index (κ3) is 52.0. The minimum absolute atomic E-state index is 0.00331. The first kappa shape index (κ1) is 64.6. The van der Waals surface area contributed by atoms with Gasteiger partial charge >= 0.3 is 5.97 Å². The molecule has 0 saturated carbocycles. The van der Waals surface area contributed by atoms with Crippen molar-refractivity contribution in [3.8, 4) is 0 Å². The molecule has 2 atom stereocenters. The molecule has 0 bridgehead atoms. The van der Waals surface area contributed by atoms with Crippen LogP contribution in [0.4, 0.5) is 0 Å². The minimum atomic E-state index is -0.664. The van der Waals surface area contributed by atoms with Crippen LogP contribution in [0.25, 0.3) is 0 Å². The molecule has 0 spiro atoms. The third-order valence-corrected chi connectivity index (χ3v) is 14.1. The standard InChI is InChI=1S/C60H117NO5/c1-3-5-7-9-11-13-15-17-25-29-32-36-40-44-48-52-58(63)57(56-62)61-59(64)53-49-45-41-37-33-30-26-23-21-19-18-20-22-24-27-31-35-39-43-47-51-55-66-60(65)54-50-46-42-38-34-28-16-14-12-10-8-6-4-2/h14,16,57-58,62-63H,3-13,15,17-56H2,1-2H3,(H,61,64)/b16-14-. The van der Waals surface area contributed by atoms with Gasteiger partial charge < -0.3 is 20.3 Å². The van der Waals surface area contributed by atoms with Gasteiger partial charge in [0, 0.05) is 12.8 Å². The fraction of sp³-hybridized carbons (Fsp3) is 0.933. The van der Waals surface area contributed by atoms with Crippen LogP contribution in [0.15, 0.2) is 12.2 Å². The second-order valence-corrected chi connectivity index (χ2v) is 20.7. The van der Waals surface area contributed by atoms with E-state index in [0.29, 0.717) is 25.9 Å². The topological polar surface area (TPSA) is 95.9 Å². The number of aliphatic hydroxyl groups is 2. The van der Waals surface area contributed by atoms with Crippen LogP contribution in [0.3, 0.4) is 0 Å². The quantitative estimate of drug-likeness (QED) is 0.0321. The Morgan fingerprint density at radius 2 is 0.712 bits per heavy atom. The minimum Gasteiger partial charge on any atom is -0.466 e. The molecule has 392 valence electrons.